The Morgan fingerprint density at radius 3 is 2.23 bits per heavy atom. The van der Waals surface area contributed by atoms with Crippen LogP contribution in [0.3, 0.4) is 0 Å². The van der Waals surface area contributed by atoms with Gasteiger partial charge in [0.1, 0.15) is 0 Å². The molecule has 0 aliphatic heterocycles. The Hall–Kier alpha value is -0.920. The third-order valence-corrected chi connectivity index (χ3v) is 6.76. The molecule has 2 atom stereocenters. The Kier molecular flexibility index (Phi) is 6.18. The maximum absolute atomic E-state index is 12.7. The summed E-state index contributed by atoms with van der Waals surface area (Å²) in [6, 6.07) is 6.17. The van der Waals surface area contributed by atoms with Crippen LogP contribution in [0.25, 0.3) is 0 Å². The average molecular weight is 391 g/mol. The van der Waals surface area contributed by atoms with E-state index in [-0.39, 0.29) is 29.3 Å². The van der Waals surface area contributed by atoms with Crippen LogP contribution in [-0.2, 0) is 14.6 Å². The summed E-state index contributed by atoms with van der Waals surface area (Å²) in [6.07, 6.45) is 0. The SMILES string of the molecule is CC(N)C(C)C(=O)NCC(C)(C)S(=O)(=O)c1ccc(Br)cc1. The number of carbonyl (C=O) groups excluding carboxylic acids is 1. The van der Waals surface area contributed by atoms with Crippen molar-refractivity contribution in [1.29, 1.82) is 0 Å². The topological polar surface area (TPSA) is 89.3 Å². The summed E-state index contributed by atoms with van der Waals surface area (Å²) in [5, 5.41) is 2.68. The van der Waals surface area contributed by atoms with Crippen molar-refractivity contribution in [3.05, 3.63) is 28.7 Å². The molecule has 0 spiro atoms. The molecule has 0 heterocycles. The minimum atomic E-state index is -3.56. The molecule has 0 bridgehead atoms. The maximum atomic E-state index is 12.7. The van der Waals surface area contributed by atoms with Crippen LogP contribution in [0, 0.1) is 5.92 Å². The van der Waals surface area contributed by atoms with Gasteiger partial charge in [0.15, 0.2) is 9.84 Å². The fourth-order valence-electron chi connectivity index (χ4n) is 1.73. The molecular formula is C15H23BrN2O3S. The lowest BCUT2D eigenvalue weighted by molar-refractivity contribution is -0.125. The van der Waals surface area contributed by atoms with Crippen LogP contribution in [0.5, 0.6) is 0 Å². The van der Waals surface area contributed by atoms with Gasteiger partial charge in [-0.15, -0.1) is 0 Å². The molecule has 0 saturated heterocycles. The third kappa shape index (κ3) is 4.30. The van der Waals surface area contributed by atoms with Crippen LogP contribution in [0.1, 0.15) is 27.7 Å². The highest BCUT2D eigenvalue weighted by Crippen LogP contribution is 2.26. The van der Waals surface area contributed by atoms with Gasteiger partial charge in [-0.3, -0.25) is 4.79 Å². The van der Waals surface area contributed by atoms with Gasteiger partial charge in [0, 0.05) is 23.0 Å². The van der Waals surface area contributed by atoms with E-state index in [4.69, 9.17) is 5.73 Å². The van der Waals surface area contributed by atoms with Gasteiger partial charge in [0.25, 0.3) is 0 Å². The van der Waals surface area contributed by atoms with E-state index in [1.807, 2.05) is 0 Å². The predicted molar refractivity (Wildman–Crippen MR) is 91.2 cm³/mol. The summed E-state index contributed by atoms with van der Waals surface area (Å²) < 4.78 is 25.1. The van der Waals surface area contributed by atoms with Crippen molar-refractivity contribution in [2.45, 2.75) is 43.4 Å². The van der Waals surface area contributed by atoms with Gasteiger partial charge in [-0.25, -0.2) is 8.42 Å². The van der Waals surface area contributed by atoms with Crippen molar-refractivity contribution in [3.63, 3.8) is 0 Å². The van der Waals surface area contributed by atoms with E-state index >= 15 is 0 Å². The second kappa shape index (κ2) is 7.10. The molecule has 3 N–H and O–H groups in total. The van der Waals surface area contributed by atoms with Crippen LogP contribution >= 0.6 is 15.9 Å². The fourth-order valence-corrected chi connectivity index (χ4v) is 3.39. The molecule has 0 saturated carbocycles. The normalized spacial score (nSPS) is 15.2. The molecule has 1 aromatic rings. The molecule has 22 heavy (non-hydrogen) atoms. The molecule has 1 amide bonds. The van der Waals surface area contributed by atoms with Gasteiger partial charge >= 0.3 is 0 Å². The zero-order valence-corrected chi connectivity index (χ0v) is 15.7. The summed E-state index contributed by atoms with van der Waals surface area (Å²) in [4.78, 5) is 12.2. The highest BCUT2D eigenvalue weighted by Gasteiger charge is 2.36. The molecule has 124 valence electrons. The lowest BCUT2D eigenvalue weighted by Gasteiger charge is -2.26. The molecule has 0 aliphatic rings. The van der Waals surface area contributed by atoms with Gasteiger partial charge in [-0.1, -0.05) is 22.9 Å². The Morgan fingerprint density at radius 2 is 1.77 bits per heavy atom. The number of hydrogen-bond donors (Lipinski definition) is 2. The van der Waals surface area contributed by atoms with E-state index in [1.165, 1.54) is 0 Å². The molecule has 7 heteroatoms. The lowest BCUT2D eigenvalue weighted by atomic mass is 10.0. The molecule has 0 aromatic heterocycles. The third-order valence-electron chi connectivity index (χ3n) is 3.74. The number of nitrogens with one attached hydrogen (secondary N) is 1. The van der Waals surface area contributed by atoms with Gasteiger partial charge in [0.05, 0.1) is 9.64 Å². The van der Waals surface area contributed by atoms with Crippen molar-refractivity contribution in [3.8, 4) is 0 Å². The second-order valence-electron chi connectivity index (χ2n) is 6.08. The van der Waals surface area contributed by atoms with Crippen molar-refractivity contribution in [1.82, 2.24) is 5.32 Å². The molecule has 1 rings (SSSR count). The molecular weight excluding hydrogens is 368 g/mol. The van der Waals surface area contributed by atoms with Crippen LogP contribution < -0.4 is 11.1 Å². The first-order chi connectivity index (χ1) is 9.99. The predicted octanol–water partition coefficient (Wildman–Crippen LogP) is 2.10. The van der Waals surface area contributed by atoms with Crippen molar-refractivity contribution in [2.75, 3.05) is 6.54 Å². The van der Waals surface area contributed by atoms with Crippen molar-refractivity contribution in [2.24, 2.45) is 11.7 Å². The largest absolute Gasteiger partial charge is 0.354 e. The monoisotopic (exact) mass is 390 g/mol. The summed E-state index contributed by atoms with van der Waals surface area (Å²) in [5.41, 5.74) is 5.68. The van der Waals surface area contributed by atoms with E-state index in [1.54, 1.807) is 52.0 Å². The number of hydrogen-bond acceptors (Lipinski definition) is 4. The van der Waals surface area contributed by atoms with E-state index in [0.29, 0.717) is 0 Å². The molecule has 1 aromatic carbocycles. The van der Waals surface area contributed by atoms with Crippen LogP contribution in [0.4, 0.5) is 0 Å². The highest BCUT2D eigenvalue weighted by molar-refractivity contribution is 9.10. The lowest BCUT2D eigenvalue weighted by Crippen LogP contribution is -2.47. The zero-order valence-electron chi connectivity index (χ0n) is 13.3. The number of nitrogens with two attached hydrogens (primary N) is 1. The number of carbonyl (C=O) groups is 1. The van der Waals surface area contributed by atoms with Gasteiger partial charge < -0.3 is 11.1 Å². The minimum Gasteiger partial charge on any atom is -0.354 e. The quantitative estimate of drug-likeness (QED) is 0.777. The van der Waals surface area contributed by atoms with Crippen molar-refractivity contribution < 1.29 is 13.2 Å². The molecule has 2 unspecified atom stereocenters. The number of rotatable bonds is 6. The molecule has 0 aliphatic carbocycles. The number of sulfone groups is 1. The van der Waals surface area contributed by atoms with Crippen LogP contribution in [0.2, 0.25) is 0 Å². The van der Waals surface area contributed by atoms with Gasteiger partial charge in [0.2, 0.25) is 5.91 Å². The summed E-state index contributed by atoms with van der Waals surface area (Å²) in [7, 11) is -3.56. The van der Waals surface area contributed by atoms with E-state index in [2.05, 4.69) is 21.2 Å². The average Bonchev–Trinajstić information content (AvgIpc) is 2.44. The van der Waals surface area contributed by atoms with Gasteiger partial charge in [-0.2, -0.15) is 0 Å². The van der Waals surface area contributed by atoms with E-state index < -0.39 is 14.6 Å². The number of benzene rings is 1. The van der Waals surface area contributed by atoms with Crippen LogP contribution in [0.15, 0.2) is 33.6 Å². The number of amides is 1. The summed E-state index contributed by atoms with van der Waals surface area (Å²) >= 11 is 3.28. The van der Waals surface area contributed by atoms with E-state index in [9.17, 15) is 13.2 Å². The van der Waals surface area contributed by atoms with E-state index in [0.717, 1.165) is 4.47 Å². The van der Waals surface area contributed by atoms with Crippen molar-refractivity contribution >= 4 is 31.7 Å². The Morgan fingerprint density at radius 1 is 1.27 bits per heavy atom. The minimum absolute atomic E-state index is 0.0291. The second-order valence-corrected chi connectivity index (χ2v) is 9.58. The smallest absolute Gasteiger partial charge is 0.224 e. The Labute approximate surface area is 140 Å². The molecule has 0 radical (unpaired) electrons. The summed E-state index contributed by atoms with van der Waals surface area (Å²) in [5.74, 6) is -0.611. The van der Waals surface area contributed by atoms with Crippen LogP contribution in [-0.4, -0.2) is 31.7 Å². The number of halogens is 1. The Balaban J connectivity index is 2.89. The summed E-state index contributed by atoms with van der Waals surface area (Å²) in [6.45, 7) is 6.69. The maximum Gasteiger partial charge on any atom is 0.224 e. The molecule has 5 nitrogen and oxygen atoms in total. The zero-order chi connectivity index (χ0) is 17.1. The first-order valence-corrected chi connectivity index (χ1v) is 9.30. The first-order valence-electron chi connectivity index (χ1n) is 7.02. The van der Waals surface area contributed by atoms with Gasteiger partial charge in [-0.05, 0) is 45.0 Å². The molecule has 0 fully saturated rings. The first kappa shape index (κ1) is 19.1. The Bertz CT molecular complexity index is 625. The highest BCUT2D eigenvalue weighted by atomic mass is 79.9. The standard InChI is InChI=1S/C15H23BrN2O3S/c1-10(11(2)17)14(19)18-9-15(3,4)22(20,21)13-7-5-12(16)6-8-13/h5-8,10-11H,9,17H2,1-4H3,(H,18,19). The fraction of sp³-hybridized carbons (Fsp3) is 0.533.